The number of anilines is 1. The molecule has 2 aromatic carbocycles. The number of halogens is 1. The molecule has 3 amide bonds. The minimum absolute atomic E-state index is 0.0985. The van der Waals surface area contributed by atoms with Crippen molar-refractivity contribution in [3.05, 3.63) is 69.9 Å². The molecule has 1 N–H and O–H groups in total. The summed E-state index contributed by atoms with van der Waals surface area (Å²) >= 11 is 5.96. The van der Waals surface area contributed by atoms with Gasteiger partial charge in [-0.15, -0.1) is 0 Å². The number of allylic oxidation sites excluding steroid dienone is 2. The maximum absolute atomic E-state index is 12.6. The lowest BCUT2D eigenvalue weighted by atomic mass is 10.1. The van der Waals surface area contributed by atoms with Gasteiger partial charge in [0.15, 0.2) is 0 Å². The van der Waals surface area contributed by atoms with Crippen LogP contribution in [0, 0.1) is 11.3 Å². The topological polar surface area (TPSA) is 99.5 Å². The SMILES string of the molecule is COc1ccc(Cl)cc1NC(=O)c1ccc2c(c1)C(=O)N(/C(C)=C/C#N)C2=O. The van der Waals surface area contributed by atoms with E-state index in [4.69, 9.17) is 21.6 Å². The number of carbonyl (C=O) groups is 3. The molecule has 0 unspecified atom stereocenters. The van der Waals surface area contributed by atoms with Gasteiger partial charge in [0, 0.05) is 22.4 Å². The molecule has 3 rings (SSSR count). The maximum atomic E-state index is 12.6. The van der Waals surface area contributed by atoms with Crippen molar-refractivity contribution in [2.45, 2.75) is 6.92 Å². The van der Waals surface area contributed by atoms with Gasteiger partial charge in [0.25, 0.3) is 17.7 Å². The number of benzene rings is 2. The molecule has 8 heteroatoms. The van der Waals surface area contributed by atoms with Crippen LogP contribution in [0.4, 0.5) is 5.69 Å². The van der Waals surface area contributed by atoms with Crippen molar-refractivity contribution in [2.24, 2.45) is 0 Å². The molecule has 0 fully saturated rings. The van der Waals surface area contributed by atoms with E-state index in [1.54, 1.807) is 18.2 Å². The number of imide groups is 1. The molecular weight excluding hydrogens is 382 g/mol. The Hall–Kier alpha value is -3.63. The predicted octanol–water partition coefficient (Wildman–Crippen LogP) is 3.62. The van der Waals surface area contributed by atoms with Crippen molar-refractivity contribution >= 4 is 35.0 Å². The van der Waals surface area contributed by atoms with Crippen LogP contribution in [-0.2, 0) is 0 Å². The maximum Gasteiger partial charge on any atom is 0.265 e. The zero-order chi connectivity index (χ0) is 20.4. The van der Waals surface area contributed by atoms with Gasteiger partial charge in [-0.05, 0) is 43.3 Å². The van der Waals surface area contributed by atoms with Gasteiger partial charge < -0.3 is 10.1 Å². The van der Waals surface area contributed by atoms with Gasteiger partial charge in [0.05, 0.1) is 30.0 Å². The largest absolute Gasteiger partial charge is 0.495 e. The molecule has 1 aliphatic rings. The van der Waals surface area contributed by atoms with Crippen LogP contribution in [0.25, 0.3) is 0 Å². The second kappa shape index (κ2) is 7.55. The van der Waals surface area contributed by atoms with Crippen molar-refractivity contribution in [1.29, 1.82) is 5.26 Å². The van der Waals surface area contributed by atoms with E-state index in [2.05, 4.69) is 5.32 Å². The number of carbonyl (C=O) groups excluding carboxylic acids is 3. The van der Waals surface area contributed by atoms with E-state index in [-0.39, 0.29) is 22.4 Å². The smallest absolute Gasteiger partial charge is 0.265 e. The highest BCUT2D eigenvalue weighted by Gasteiger charge is 2.37. The first kappa shape index (κ1) is 19.1. The Kier molecular flexibility index (Phi) is 5.16. The number of nitriles is 1. The van der Waals surface area contributed by atoms with Crippen molar-refractivity contribution < 1.29 is 19.1 Å². The number of hydrogen-bond donors (Lipinski definition) is 1. The Morgan fingerprint density at radius 1 is 1.18 bits per heavy atom. The van der Waals surface area contributed by atoms with Gasteiger partial charge in [0.1, 0.15) is 5.75 Å². The summed E-state index contributed by atoms with van der Waals surface area (Å²) in [5, 5.41) is 11.9. The minimum Gasteiger partial charge on any atom is -0.495 e. The molecule has 0 spiro atoms. The van der Waals surface area contributed by atoms with E-state index in [9.17, 15) is 14.4 Å². The number of amides is 3. The summed E-state index contributed by atoms with van der Waals surface area (Å²) < 4.78 is 5.19. The van der Waals surface area contributed by atoms with Gasteiger partial charge in [-0.3, -0.25) is 14.4 Å². The van der Waals surface area contributed by atoms with Gasteiger partial charge in [-0.1, -0.05) is 11.6 Å². The van der Waals surface area contributed by atoms with Crippen LogP contribution in [0.1, 0.15) is 38.0 Å². The number of methoxy groups -OCH3 is 1. The first-order valence-electron chi connectivity index (χ1n) is 8.11. The van der Waals surface area contributed by atoms with Crippen molar-refractivity contribution in [1.82, 2.24) is 4.90 Å². The summed E-state index contributed by atoms with van der Waals surface area (Å²) in [5.41, 5.74) is 1.04. The highest BCUT2D eigenvalue weighted by molar-refractivity contribution is 6.31. The summed E-state index contributed by atoms with van der Waals surface area (Å²) in [4.78, 5) is 38.6. The molecule has 7 nitrogen and oxygen atoms in total. The third-order valence-electron chi connectivity index (χ3n) is 4.18. The monoisotopic (exact) mass is 395 g/mol. The van der Waals surface area contributed by atoms with Crippen LogP contribution in [0.3, 0.4) is 0 Å². The highest BCUT2D eigenvalue weighted by Crippen LogP contribution is 2.30. The van der Waals surface area contributed by atoms with E-state index >= 15 is 0 Å². The lowest BCUT2D eigenvalue weighted by molar-refractivity contribution is 0.0704. The number of rotatable bonds is 4. The van der Waals surface area contributed by atoms with Gasteiger partial charge in [-0.25, -0.2) is 4.90 Å². The van der Waals surface area contributed by atoms with Crippen molar-refractivity contribution in [3.63, 3.8) is 0 Å². The molecule has 0 saturated heterocycles. The van der Waals surface area contributed by atoms with E-state index in [0.717, 1.165) is 11.0 Å². The van der Waals surface area contributed by atoms with Crippen LogP contribution in [0.5, 0.6) is 5.75 Å². The van der Waals surface area contributed by atoms with Gasteiger partial charge >= 0.3 is 0 Å². The Morgan fingerprint density at radius 2 is 1.89 bits per heavy atom. The molecule has 0 aliphatic carbocycles. The molecular formula is C20H14ClN3O4. The minimum atomic E-state index is -0.584. The Labute approximate surface area is 165 Å². The second-order valence-corrected chi connectivity index (χ2v) is 6.36. The van der Waals surface area contributed by atoms with Crippen molar-refractivity contribution in [3.8, 4) is 11.8 Å². The number of ether oxygens (including phenoxy) is 1. The summed E-state index contributed by atoms with van der Waals surface area (Å²) in [7, 11) is 1.46. The van der Waals surface area contributed by atoms with Crippen LogP contribution in [0.15, 0.2) is 48.2 Å². The molecule has 2 aromatic rings. The number of hydrogen-bond acceptors (Lipinski definition) is 5. The second-order valence-electron chi connectivity index (χ2n) is 5.92. The molecule has 0 radical (unpaired) electrons. The van der Waals surface area contributed by atoms with E-state index in [1.807, 2.05) is 0 Å². The summed E-state index contributed by atoms with van der Waals surface area (Å²) in [5.74, 6) is -1.19. The predicted molar refractivity (Wildman–Crippen MR) is 102 cm³/mol. The van der Waals surface area contributed by atoms with Crippen LogP contribution >= 0.6 is 11.6 Å². The Morgan fingerprint density at radius 3 is 2.57 bits per heavy atom. The van der Waals surface area contributed by atoms with E-state index in [1.165, 1.54) is 38.3 Å². The molecule has 1 heterocycles. The first-order chi connectivity index (χ1) is 13.4. The standard InChI is InChI=1S/C20H14ClN3O4/c1-11(7-8-22)24-19(26)14-5-3-12(9-15(14)20(24)27)18(25)23-16-10-13(21)4-6-17(16)28-2/h3-7,9-10H,1-2H3,(H,23,25)/b11-7+. The van der Waals surface area contributed by atoms with Crippen LogP contribution in [0.2, 0.25) is 5.02 Å². The third kappa shape index (κ3) is 3.33. The van der Waals surface area contributed by atoms with E-state index in [0.29, 0.717) is 16.5 Å². The number of fused-ring (bicyclic) bond motifs is 1. The zero-order valence-corrected chi connectivity index (χ0v) is 15.7. The van der Waals surface area contributed by atoms with Gasteiger partial charge in [0.2, 0.25) is 0 Å². The fraction of sp³-hybridized carbons (Fsp3) is 0.100. The summed E-state index contributed by atoms with van der Waals surface area (Å²) in [6, 6.07) is 10.8. The number of nitrogens with zero attached hydrogens (tertiary/aromatic N) is 2. The quantitative estimate of drug-likeness (QED) is 0.629. The molecule has 0 atom stereocenters. The summed E-state index contributed by atoms with van der Waals surface area (Å²) in [6.07, 6.45) is 1.11. The molecule has 0 saturated carbocycles. The third-order valence-corrected chi connectivity index (χ3v) is 4.42. The average Bonchev–Trinajstić information content (AvgIpc) is 2.92. The fourth-order valence-electron chi connectivity index (χ4n) is 2.83. The normalized spacial score (nSPS) is 13.2. The van der Waals surface area contributed by atoms with Gasteiger partial charge in [-0.2, -0.15) is 5.26 Å². The molecule has 140 valence electrons. The Bertz CT molecular complexity index is 1090. The van der Waals surface area contributed by atoms with Crippen LogP contribution in [-0.4, -0.2) is 29.7 Å². The molecule has 28 heavy (non-hydrogen) atoms. The zero-order valence-electron chi connectivity index (χ0n) is 14.9. The van der Waals surface area contributed by atoms with Crippen LogP contribution < -0.4 is 10.1 Å². The average molecular weight is 396 g/mol. The molecule has 0 aromatic heterocycles. The highest BCUT2D eigenvalue weighted by atomic mass is 35.5. The summed E-state index contributed by atoms with van der Waals surface area (Å²) in [6.45, 7) is 1.49. The Balaban J connectivity index is 1.92. The first-order valence-corrected chi connectivity index (χ1v) is 8.49. The van der Waals surface area contributed by atoms with E-state index < -0.39 is 17.7 Å². The fourth-order valence-corrected chi connectivity index (χ4v) is 3.00. The van der Waals surface area contributed by atoms with Crippen molar-refractivity contribution in [2.75, 3.05) is 12.4 Å². The lowest BCUT2D eigenvalue weighted by Crippen LogP contribution is -2.27. The number of nitrogens with one attached hydrogen (secondary N) is 1. The molecule has 1 aliphatic heterocycles. The molecule has 0 bridgehead atoms. The lowest BCUT2D eigenvalue weighted by Gasteiger charge is -2.12.